The summed E-state index contributed by atoms with van der Waals surface area (Å²) in [6.45, 7) is 1.80. The molecule has 31 heavy (non-hydrogen) atoms. The van der Waals surface area contributed by atoms with Crippen LogP contribution in [-0.2, 0) is 4.74 Å². The van der Waals surface area contributed by atoms with Gasteiger partial charge in [0.2, 0.25) is 0 Å². The van der Waals surface area contributed by atoms with Crippen molar-refractivity contribution in [3.8, 4) is 5.75 Å². The number of amides is 1. The molecule has 0 saturated heterocycles. The number of hydrogen-bond acceptors (Lipinski definition) is 6. The van der Waals surface area contributed by atoms with Crippen molar-refractivity contribution in [2.45, 2.75) is 83.0 Å². The van der Waals surface area contributed by atoms with Crippen LogP contribution < -0.4 is 16.3 Å². The van der Waals surface area contributed by atoms with Gasteiger partial charge in [0.1, 0.15) is 11.9 Å². The Morgan fingerprint density at radius 2 is 1.58 bits per heavy atom. The number of nitrogens with zero attached hydrogens (tertiary/aromatic N) is 2. The molecule has 0 spiro atoms. The van der Waals surface area contributed by atoms with E-state index in [-0.39, 0.29) is 12.1 Å². The Hall–Kier alpha value is -2.41. The molecule has 1 amide bonds. The Bertz CT molecular complexity index is 751. The standard InChI is InChI=1S/C24H38N4O3/c1-17(30-24(29)27(2)19-9-7-8-10-19)23(28(3)26)22(25)18-13-15-21(16-14-18)31-20-11-5-4-6-12-20/h13-17,19-20H,4-12,25-26H2,1-3H3/b23-22-. The van der Waals surface area contributed by atoms with Crippen molar-refractivity contribution in [1.29, 1.82) is 0 Å². The summed E-state index contributed by atoms with van der Waals surface area (Å²) in [7, 11) is 3.50. The minimum Gasteiger partial charge on any atom is -0.490 e. The summed E-state index contributed by atoms with van der Waals surface area (Å²) in [5.41, 5.74) is 8.33. The zero-order chi connectivity index (χ0) is 22.4. The third-order valence-electron chi connectivity index (χ3n) is 6.50. The van der Waals surface area contributed by atoms with E-state index < -0.39 is 6.10 Å². The lowest BCUT2D eigenvalue weighted by molar-refractivity contribution is 0.0696. The first-order valence-corrected chi connectivity index (χ1v) is 11.6. The topological polar surface area (TPSA) is 94.0 Å². The fourth-order valence-corrected chi connectivity index (χ4v) is 4.66. The van der Waals surface area contributed by atoms with Gasteiger partial charge in [0.25, 0.3) is 0 Å². The number of hydrogen-bond donors (Lipinski definition) is 2. The van der Waals surface area contributed by atoms with Crippen molar-refractivity contribution in [3.63, 3.8) is 0 Å². The Labute approximate surface area is 186 Å². The summed E-state index contributed by atoms with van der Waals surface area (Å²) >= 11 is 0. The number of carbonyl (C=O) groups excluding carboxylic acids is 1. The molecule has 0 aromatic heterocycles. The molecule has 0 bridgehead atoms. The second kappa shape index (κ2) is 10.8. The van der Waals surface area contributed by atoms with Gasteiger partial charge < -0.3 is 25.1 Å². The molecule has 7 heteroatoms. The monoisotopic (exact) mass is 430 g/mol. The van der Waals surface area contributed by atoms with E-state index in [0.29, 0.717) is 17.5 Å². The van der Waals surface area contributed by atoms with E-state index in [1.807, 2.05) is 24.3 Å². The number of benzene rings is 1. The number of hydrazine groups is 1. The van der Waals surface area contributed by atoms with Gasteiger partial charge in [-0.1, -0.05) is 19.3 Å². The van der Waals surface area contributed by atoms with Gasteiger partial charge in [-0.05, 0) is 75.3 Å². The molecule has 1 atom stereocenters. The first kappa shape index (κ1) is 23.3. The normalized spacial score (nSPS) is 19.5. The van der Waals surface area contributed by atoms with Crippen LogP contribution >= 0.6 is 0 Å². The van der Waals surface area contributed by atoms with Crippen molar-refractivity contribution in [3.05, 3.63) is 35.5 Å². The van der Waals surface area contributed by atoms with E-state index in [1.54, 1.807) is 25.9 Å². The van der Waals surface area contributed by atoms with Crippen LogP contribution in [0.15, 0.2) is 30.0 Å². The molecule has 2 aliphatic rings. The maximum atomic E-state index is 12.6. The van der Waals surface area contributed by atoms with Crippen LogP contribution in [0, 0.1) is 0 Å². The summed E-state index contributed by atoms with van der Waals surface area (Å²) < 4.78 is 11.8. The van der Waals surface area contributed by atoms with Crippen LogP contribution in [0.1, 0.15) is 70.3 Å². The highest BCUT2D eigenvalue weighted by atomic mass is 16.6. The van der Waals surface area contributed by atoms with Crippen LogP contribution in [-0.4, -0.2) is 48.3 Å². The summed E-state index contributed by atoms with van der Waals surface area (Å²) in [5.74, 6) is 6.92. The number of ether oxygens (including phenoxy) is 2. The molecule has 0 heterocycles. The van der Waals surface area contributed by atoms with Crippen molar-refractivity contribution in [2.24, 2.45) is 11.6 Å². The van der Waals surface area contributed by atoms with Crippen LogP contribution in [0.5, 0.6) is 5.75 Å². The number of carbonyl (C=O) groups is 1. The number of nitrogens with two attached hydrogens (primary N) is 2. The molecule has 1 aromatic carbocycles. The van der Waals surface area contributed by atoms with E-state index in [2.05, 4.69) is 0 Å². The van der Waals surface area contributed by atoms with E-state index in [9.17, 15) is 4.79 Å². The molecular formula is C24H38N4O3. The first-order valence-electron chi connectivity index (χ1n) is 11.6. The average Bonchev–Trinajstić information content (AvgIpc) is 3.29. The van der Waals surface area contributed by atoms with Crippen molar-refractivity contribution < 1.29 is 14.3 Å². The smallest absolute Gasteiger partial charge is 0.410 e. The SMILES string of the molecule is CC(OC(=O)N(C)C1CCCC1)/C(=C(/N)c1ccc(OC2CCCCC2)cc1)N(C)N. The minimum atomic E-state index is -0.579. The van der Waals surface area contributed by atoms with Crippen molar-refractivity contribution in [2.75, 3.05) is 14.1 Å². The highest BCUT2D eigenvalue weighted by Crippen LogP contribution is 2.27. The molecular weight excluding hydrogens is 392 g/mol. The van der Waals surface area contributed by atoms with Gasteiger partial charge in [-0.3, -0.25) is 0 Å². The minimum absolute atomic E-state index is 0.247. The van der Waals surface area contributed by atoms with Gasteiger partial charge in [-0.25, -0.2) is 10.6 Å². The van der Waals surface area contributed by atoms with E-state index in [4.69, 9.17) is 21.1 Å². The molecule has 3 rings (SSSR count). The van der Waals surface area contributed by atoms with Crippen molar-refractivity contribution >= 4 is 11.8 Å². The quantitative estimate of drug-likeness (QED) is 0.497. The van der Waals surface area contributed by atoms with Crippen LogP contribution in [0.4, 0.5) is 4.79 Å². The van der Waals surface area contributed by atoms with Gasteiger partial charge in [0.05, 0.1) is 17.5 Å². The summed E-state index contributed by atoms with van der Waals surface area (Å²) in [4.78, 5) is 14.3. The van der Waals surface area contributed by atoms with E-state index in [0.717, 1.165) is 49.8 Å². The zero-order valence-electron chi connectivity index (χ0n) is 19.2. The Kier molecular flexibility index (Phi) is 8.07. The van der Waals surface area contributed by atoms with Gasteiger partial charge in [0.15, 0.2) is 0 Å². The molecule has 172 valence electrons. The molecule has 4 N–H and O–H groups in total. The lowest BCUT2D eigenvalue weighted by Gasteiger charge is -2.29. The fraction of sp³-hybridized carbons (Fsp3) is 0.625. The fourth-order valence-electron chi connectivity index (χ4n) is 4.66. The Morgan fingerprint density at radius 1 is 1.00 bits per heavy atom. The molecule has 1 aromatic rings. The molecule has 7 nitrogen and oxygen atoms in total. The molecule has 2 aliphatic carbocycles. The highest BCUT2D eigenvalue weighted by Gasteiger charge is 2.27. The lowest BCUT2D eigenvalue weighted by atomic mass is 9.98. The largest absolute Gasteiger partial charge is 0.490 e. The van der Waals surface area contributed by atoms with Crippen LogP contribution in [0.25, 0.3) is 5.70 Å². The number of likely N-dealkylation sites (N-methyl/N-ethyl adjacent to an activating group) is 1. The van der Waals surface area contributed by atoms with Gasteiger partial charge >= 0.3 is 6.09 Å². The van der Waals surface area contributed by atoms with Gasteiger partial charge in [-0.15, -0.1) is 0 Å². The molecule has 0 radical (unpaired) electrons. The van der Waals surface area contributed by atoms with Crippen LogP contribution in [0.3, 0.4) is 0 Å². The zero-order valence-corrected chi connectivity index (χ0v) is 19.2. The van der Waals surface area contributed by atoms with E-state index in [1.165, 1.54) is 24.3 Å². The lowest BCUT2D eigenvalue weighted by Crippen LogP contribution is -2.40. The molecule has 2 fully saturated rings. The molecule has 0 aliphatic heterocycles. The Balaban J connectivity index is 1.68. The second-order valence-electron chi connectivity index (χ2n) is 8.89. The maximum absolute atomic E-state index is 12.6. The summed E-state index contributed by atoms with van der Waals surface area (Å²) in [5, 5.41) is 1.43. The van der Waals surface area contributed by atoms with Gasteiger partial charge in [0, 0.05) is 20.1 Å². The maximum Gasteiger partial charge on any atom is 0.410 e. The predicted octanol–water partition coefficient (Wildman–Crippen LogP) is 4.23. The van der Waals surface area contributed by atoms with E-state index >= 15 is 0 Å². The first-order chi connectivity index (χ1) is 14.9. The summed E-state index contributed by atoms with van der Waals surface area (Å²) in [6.07, 6.45) is 9.73. The van der Waals surface area contributed by atoms with Crippen molar-refractivity contribution in [1.82, 2.24) is 9.91 Å². The summed E-state index contributed by atoms with van der Waals surface area (Å²) in [6, 6.07) is 7.98. The highest BCUT2D eigenvalue weighted by molar-refractivity contribution is 5.70. The average molecular weight is 431 g/mol. The second-order valence-corrected chi connectivity index (χ2v) is 8.89. The molecule has 1 unspecified atom stereocenters. The third-order valence-corrected chi connectivity index (χ3v) is 6.50. The number of rotatable bonds is 7. The predicted molar refractivity (Wildman–Crippen MR) is 123 cm³/mol. The van der Waals surface area contributed by atoms with Crippen LogP contribution in [0.2, 0.25) is 0 Å². The molecule has 2 saturated carbocycles. The van der Waals surface area contributed by atoms with Gasteiger partial charge in [-0.2, -0.15) is 0 Å². The third kappa shape index (κ3) is 6.06. The Morgan fingerprint density at radius 3 is 2.16 bits per heavy atom.